The van der Waals surface area contributed by atoms with Gasteiger partial charge < -0.3 is 19.5 Å². The average molecular weight is 323 g/mol. The van der Waals surface area contributed by atoms with Gasteiger partial charge in [0.25, 0.3) is 0 Å². The summed E-state index contributed by atoms with van der Waals surface area (Å²) in [4.78, 5) is 22.1. The summed E-state index contributed by atoms with van der Waals surface area (Å²) in [6.07, 6.45) is -0.959. The normalized spacial score (nSPS) is 11.9. The Balaban J connectivity index is 3.32. The zero-order valence-corrected chi connectivity index (χ0v) is 13.7. The van der Waals surface area contributed by atoms with Crippen LogP contribution in [0, 0.1) is 5.92 Å². The van der Waals surface area contributed by atoms with Crippen molar-refractivity contribution in [1.82, 2.24) is 14.8 Å². The molecule has 0 aliphatic carbocycles. The van der Waals surface area contributed by atoms with E-state index in [9.17, 15) is 9.59 Å². The molecule has 21 heavy (non-hydrogen) atoms. The molecule has 1 atom stereocenters. The van der Waals surface area contributed by atoms with Crippen molar-refractivity contribution in [2.45, 2.75) is 26.8 Å². The Hall–Kier alpha value is -1.19. The summed E-state index contributed by atoms with van der Waals surface area (Å²) in [6.45, 7) is 7.45. The lowest BCUT2D eigenvalue weighted by molar-refractivity contribution is 0.0736. The predicted octanol–water partition coefficient (Wildman–Crippen LogP) is 1.28. The minimum atomic E-state index is -0.525. The summed E-state index contributed by atoms with van der Waals surface area (Å²) >= 11 is 1.01. The van der Waals surface area contributed by atoms with E-state index in [1.807, 2.05) is 20.8 Å². The van der Waals surface area contributed by atoms with Gasteiger partial charge in [-0.25, -0.2) is 14.3 Å². The first-order chi connectivity index (χ1) is 9.97. The van der Waals surface area contributed by atoms with Crippen molar-refractivity contribution in [3.8, 4) is 0 Å². The van der Waals surface area contributed by atoms with Gasteiger partial charge in [-0.1, -0.05) is 13.8 Å². The highest BCUT2D eigenvalue weighted by Gasteiger charge is 2.10. The van der Waals surface area contributed by atoms with Crippen molar-refractivity contribution in [3.05, 3.63) is 0 Å². The van der Waals surface area contributed by atoms with Crippen LogP contribution in [0.25, 0.3) is 0 Å². The number of alkyl carbamates (subject to hydrolysis) is 1. The van der Waals surface area contributed by atoms with Crippen molar-refractivity contribution in [3.63, 3.8) is 0 Å². The largest absolute Gasteiger partial charge is 0.452 e. The van der Waals surface area contributed by atoms with Gasteiger partial charge in [0.05, 0.1) is 20.3 Å². The maximum Gasteiger partial charge on any atom is 0.417 e. The Morgan fingerprint density at radius 3 is 2.43 bits per heavy atom. The Morgan fingerprint density at radius 2 is 1.81 bits per heavy atom. The number of amides is 2. The Kier molecular flexibility index (Phi) is 11.8. The van der Waals surface area contributed by atoms with E-state index in [1.54, 1.807) is 0 Å². The van der Waals surface area contributed by atoms with E-state index < -0.39 is 12.2 Å². The van der Waals surface area contributed by atoms with E-state index in [0.717, 1.165) is 12.1 Å². The van der Waals surface area contributed by atoms with Gasteiger partial charge >= 0.3 is 12.2 Å². The molecule has 0 aromatic carbocycles. The molecule has 1 unspecified atom stereocenters. The fraction of sp³-hybridized carbons (Fsp3) is 0.833. The number of carbonyl (C=O) groups excluding carboxylic acids is 2. The molecular formula is C12H25N3O5S. The molecule has 3 N–H and O–H groups in total. The second-order valence-electron chi connectivity index (χ2n) is 4.52. The van der Waals surface area contributed by atoms with Crippen LogP contribution in [0.4, 0.5) is 9.59 Å². The molecule has 0 aromatic rings. The Morgan fingerprint density at radius 1 is 1.10 bits per heavy atom. The molecule has 2 amide bonds. The van der Waals surface area contributed by atoms with E-state index in [4.69, 9.17) is 9.47 Å². The topological polar surface area (TPSA) is 97.9 Å². The molecule has 0 fully saturated rings. The first-order valence-electron chi connectivity index (χ1n) is 6.71. The number of carbonyl (C=O) groups is 2. The number of ether oxygens (including phenoxy) is 3. The summed E-state index contributed by atoms with van der Waals surface area (Å²) in [7, 11) is 1.29. The fourth-order valence-corrected chi connectivity index (χ4v) is 1.40. The second-order valence-corrected chi connectivity index (χ2v) is 5.21. The van der Waals surface area contributed by atoms with Crippen LogP contribution in [0.15, 0.2) is 0 Å². The third-order valence-corrected chi connectivity index (χ3v) is 3.16. The van der Waals surface area contributed by atoms with Crippen molar-refractivity contribution in [2.24, 2.45) is 5.92 Å². The quantitative estimate of drug-likeness (QED) is 0.411. The number of methoxy groups -OCH3 is 1. The van der Waals surface area contributed by atoms with Crippen molar-refractivity contribution >= 4 is 24.3 Å². The lowest BCUT2D eigenvalue weighted by Crippen LogP contribution is -2.37. The lowest BCUT2D eigenvalue weighted by atomic mass is 10.1. The van der Waals surface area contributed by atoms with Crippen LogP contribution in [0.2, 0.25) is 0 Å². The maximum atomic E-state index is 11.4. The predicted molar refractivity (Wildman–Crippen MR) is 80.7 cm³/mol. The highest BCUT2D eigenvalue weighted by Crippen LogP contribution is 1.99. The van der Waals surface area contributed by atoms with Gasteiger partial charge in [-0.05, 0) is 12.8 Å². The monoisotopic (exact) mass is 323 g/mol. The van der Waals surface area contributed by atoms with Gasteiger partial charge in [-0.2, -0.15) is 0 Å². The summed E-state index contributed by atoms with van der Waals surface area (Å²) < 4.78 is 19.8. The van der Waals surface area contributed by atoms with Gasteiger partial charge in [0, 0.05) is 24.7 Å². The molecule has 0 saturated carbocycles. The van der Waals surface area contributed by atoms with Crippen LogP contribution in [0.1, 0.15) is 20.8 Å². The lowest BCUT2D eigenvalue weighted by Gasteiger charge is -2.17. The Bertz CT molecular complexity index is 305. The van der Waals surface area contributed by atoms with Crippen LogP contribution in [0.3, 0.4) is 0 Å². The van der Waals surface area contributed by atoms with E-state index >= 15 is 0 Å². The van der Waals surface area contributed by atoms with Crippen LogP contribution in [-0.4, -0.2) is 51.7 Å². The van der Waals surface area contributed by atoms with E-state index in [2.05, 4.69) is 19.5 Å². The molecule has 0 aliphatic rings. The third kappa shape index (κ3) is 12.3. The number of hydrogen-bond donors (Lipinski definition) is 3. The molecule has 124 valence electrons. The van der Waals surface area contributed by atoms with Crippen LogP contribution >= 0.6 is 12.1 Å². The molecule has 0 aromatic heterocycles. The standard InChI is InChI=1S/C12H25N3O5S/c1-9(2)10(3)14-11(16)20-8-7-19-6-5-13-21-15-12(17)18-4/h9-10,13H,5-8H2,1-4H3,(H,14,16)(H,15,17). The smallest absolute Gasteiger partial charge is 0.417 e. The minimum Gasteiger partial charge on any atom is -0.452 e. The third-order valence-electron chi connectivity index (χ3n) is 2.55. The molecule has 0 bridgehead atoms. The van der Waals surface area contributed by atoms with E-state index in [1.165, 1.54) is 7.11 Å². The van der Waals surface area contributed by atoms with Gasteiger partial charge in [-0.3, -0.25) is 4.72 Å². The molecule has 9 heteroatoms. The Labute approximate surface area is 129 Å². The number of hydrogen-bond acceptors (Lipinski definition) is 7. The molecule has 8 nitrogen and oxygen atoms in total. The van der Waals surface area contributed by atoms with Crippen LogP contribution < -0.4 is 14.8 Å². The van der Waals surface area contributed by atoms with Crippen LogP contribution in [-0.2, 0) is 14.2 Å². The minimum absolute atomic E-state index is 0.0713. The van der Waals surface area contributed by atoms with E-state index in [-0.39, 0.29) is 12.6 Å². The van der Waals surface area contributed by atoms with Crippen molar-refractivity contribution in [2.75, 3.05) is 33.5 Å². The molecular weight excluding hydrogens is 298 g/mol. The van der Waals surface area contributed by atoms with Crippen molar-refractivity contribution in [1.29, 1.82) is 0 Å². The summed E-state index contributed by atoms with van der Waals surface area (Å²) in [5.41, 5.74) is 0. The second kappa shape index (κ2) is 12.5. The summed E-state index contributed by atoms with van der Waals surface area (Å²) in [5.74, 6) is 0.357. The molecule has 0 heterocycles. The molecule has 0 aliphatic heterocycles. The van der Waals surface area contributed by atoms with Gasteiger partial charge in [-0.15, -0.1) is 0 Å². The first kappa shape index (κ1) is 19.8. The molecule has 0 rings (SSSR count). The average Bonchev–Trinajstić information content (AvgIpc) is 2.44. The zero-order chi connectivity index (χ0) is 16.1. The molecule has 0 radical (unpaired) electrons. The SMILES string of the molecule is COC(=O)NSNCCOCCOC(=O)NC(C)C(C)C. The highest BCUT2D eigenvalue weighted by molar-refractivity contribution is 7.96. The molecule has 0 spiro atoms. The van der Waals surface area contributed by atoms with Gasteiger partial charge in [0.1, 0.15) is 6.61 Å². The zero-order valence-electron chi connectivity index (χ0n) is 12.9. The fourth-order valence-electron chi connectivity index (χ4n) is 0.974. The van der Waals surface area contributed by atoms with E-state index in [0.29, 0.717) is 25.7 Å². The molecule has 0 saturated heterocycles. The maximum absolute atomic E-state index is 11.4. The summed E-state index contributed by atoms with van der Waals surface area (Å²) in [6, 6.07) is 0.0713. The van der Waals surface area contributed by atoms with Gasteiger partial charge in [0.2, 0.25) is 0 Å². The number of rotatable bonds is 10. The highest BCUT2D eigenvalue weighted by atomic mass is 32.2. The van der Waals surface area contributed by atoms with Crippen LogP contribution in [0.5, 0.6) is 0 Å². The number of nitrogens with one attached hydrogen (secondary N) is 3. The summed E-state index contributed by atoms with van der Waals surface area (Å²) in [5, 5.41) is 2.73. The van der Waals surface area contributed by atoms with Gasteiger partial charge in [0.15, 0.2) is 0 Å². The first-order valence-corrected chi connectivity index (χ1v) is 7.52. The van der Waals surface area contributed by atoms with Crippen molar-refractivity contribution < 1.29 is 23.8 Å².